The standard InChI is InChI=1S/C21H24N2O5/c1-4-28-18-8-6-5-7-17(18)23-13-14(11-20(23)24)21(25)22-16-10-9-15(26-2)12-19(16)27-3/h5-10,12,14H,4,11,13H2,1-3H3,(H,22,25). The van der Waals surface area contributed by atoms with Gasteiger partial charge in [-0.1, -0.05) is 12.1 Å². The molecule has 2 aromatic rings. The van der Waals surface area contributed by atoms with Crippen LogP contribution in [0.4, 0.5) is 11.4 Å². The van der Waals surface area contributed by atoms with Crippen LogP contribution >= 0.6 is 0 Å². The molecule has 148 valence electrons. The first-order valence-corrected chi connectivity index (χ1v) is 9.12. The Hall–Kier alpha value is -3.22. The Bertz CT molecular complexity index is 868. The van der Waals surface area contributed by atoms with Gasteiger partial charge in [-0.05, 0) is 31.2 Å². The largest absolute Gasteiger partial charge is 0.497 e. The second kappa shape index (κ2) is 8.65. The van der Waals surface area contributed by atoms with Crippen molar-refractivity contribution in [2.45, 2.75) is 13.3 Å². The Labute approximate surface area is 164 Å². The molecule has 2 amide bonds. The predicted octanol–water partition coefficient (Wildman–Crippen LogP) is 3.09. The van der Waals surface area contributed by atoms with Crippen molar-refractivity contribution in [1.29, 1.82) is 0 Å². The lowest BCUT2D eigenvalue weighted by Crippen LogP contribution is -2.28. The lowest BCUT2D eigenvalue weighted by Gasteiger charge is -2.20. The highest BCUT2D eigenvalue weighted by atomic mass is 16.5. The molecule has 2 aromatic carbocycles. The zero-order valence-electron chi connectivity index (χ0n) is 16.2. The van der Waals surface area contributed by atoms with Crippen LogP contribution in [-0.4, -0.2) is 39.2 Å². The minimum atomic E-state index is -0.464. The summed E-state index contributed by atoms with van der Waals surface area (Å²) in [5.74, 6) is 0.965. The normalized spacial score (nSPS) is 16.0. The van der Waals surface area contributed by atoms with Crippen LogP contribution in [0.2, 0.25) is 0 Å². The molecule has 0 saturated carbocycles. The lowest BCUT2D eigenvalue weighted by molar-refractivity contribution is -0.122. The maximum absolute atomic E-state index is 12.8. The highest BCUT2D eigenvalue weighted by molar-refractivity contribution is 6.04. The van der Waals surface area contributed by atoms with E-state index < -0.39 is 5.92 Å². The fourth-order valence-corrected chi connectivity index (χ4v) is 3.21. The number of nitrogens with one attached hydrogen (secondary N) is 1. The molecule has 1 aliphatic rings. The monoisotopic (exact) mass is 384 g/mol. The summed E-state index contributed by atoms with van der Waals surface area (Å²) in [6, 6.07) is 12.5. The highest BCUT2D eigenvalue weighted by Crippen LogP contribution is 2.34. The third-order valence-corrected chi connectivity index (χ3v) is 4.62. The van der Waals surface area contributed by atoms with Gasteiger partial charge in [0, 0.05) is 19.0 Å². The van der Waals surface area contributed by atoms with Gasteiger partial charge in [0.05, 0.1) is 38.1 Å². The van der Waals surface area contributed by atoms with Crippen LogP contribution in [0.1, 0.15) is 13.3 Å². The van der Waals surface area contributed by atoms with Crippen LogP contribution in [0.5, 0.6) is 17.2 Å². The maximum atomic E-state index is 12.8. The molecule has 3 rings (SSSR count). The summed E-state index contributed by atoms with van der Waals surface area (Å²) in [5.41, 5.74) is 1.22. The Morgan fingerprint density at radius 1 is 1.14 bits per heavy atom. The molecule has 0 spiro atoms. The molecule has 1 heterocycles. The minimum Gasteiger partial charge on any atom is -0.497 e. The molecule has 0 aliphatic carbocycles. The first-order chi connectivity index (χ1) is 13.6. The van der Waals surface area contributed by atoms with Crippen molar-refractivity contribution in [3.8, 4) is 17.2 Å². The van der Waals surface area contributed by atoms with E-state index in [0.717, 1.165) is 0 Å². The molecule has 1 unspecified atom stereocenters. The molecule has 7 heteroatoms. The number of amides is 2. The summed E-state index contributed by atoms with van der Waals surface area (Å²) in [6.45, 7) is 2.69. The van der Waals surface area contributed by atoms with Gasteiger partial charge < -0.3 is 24.4 Å². The molecule has 1 saturated heterocycles. The van der Waals surface area contributed by atoms with Gasteiger partial charge in [0.2, 0.25) is 11.8 Å². The van der Waals surface area contributed by atoms with Crippen molar-refractivity contribution in [3.05, 3.63) is 42.5 Å². The Morgan fingerprint density at radius 2 is 1.93 bits per heavy atom. The quantitative estimate of drug-likeness (QED) is 0.794. The number of methoxy groups -OCH3 is 2. The van der Waals surface area contributed by atoms with Gasteiger partial charge >= 0.3 is 0 Å². The number of carbonyl (C=O) groups is 2. The van der Waals surface area contributed by atoms with Gasteiger partial charge in [-0.2, -0.15) is 0 Å². The van der Waals surface area contributed by atoms with Crippen LogP contribution < -0.4 is 24.4 Å². The predicted molar refractivity (Wildman–Crippen MR) is 106 cm³/mol. The first-order valence-electron chi connectivity index (χ1n) is 9.12. The number of rotatable bonds is 7. The zero-order chi connectivity index (χ0) is 20.1. The van der Waals surface area contributed by atoms with Crippen molar-refractivity contribution in [3.63, 3.8) is 0 Å². The fourth-order valence-electron chi connectivity index (χ4n) is 3.21. The van der Waals surface area contributed by atoms with Crippen LogP contribution in [0.3, 0.4) is 0 Å². The van der Waals surface area contributed by atoms with E-state index in [9.17, 15) is 9.59 Å². The molecule has 7 nitrogen and oxygen atoms in total. The van der Waals surface area contributed by atoms with Crippen molar-refractivity contribution in [1.82, 2.24) is 0 Å². The minimum absolute atomic E-state index is 0.103. The third-order valence-electron chi connectivity index (χ3n) is 4.62. The smallest absolute Gasteiger partial charge is 0.229 e. The fraction of sp³-hybridized carbons (Fsp3) is 0.333. The van der Waals surface area contributed by atoms with Crippen LogP contribution in [0, 0.1) is 5.92 Å². The van der Waals surface area contributed by atoms with E-state index >= 15 is 0 Å². The summed E-state index contributed by atoms with van der Waals surface area (Å²) >= 11 is 0. The molecular formula is C21H24N2O5. The maximum Gasteiger partial charge on any atom is 0.229 e. The second-order valence-electron chi connectivity index (χ2n) is 6.36. The summed E-state index contributed by atoms with van der Waals surface area (Å²) in [6.07, 6.45) is 0.144. The van der Waals surface area contributed by atoms with Crippen LogP contribution in [0.25, 0.3) is 0 Å². The third kappa shape index (κ3) is 4.03. The summed E-state index contributed by atoms with van der Waals surface area (Å²) in [4.78, 5) is 26.9. The van der Waals surface area contributed by atoms with Gasteiger partial charge in [0.1, 0.15) is 17.2 Å². The molecule has 0 bridgehead atoms. The summed E-state index contributed by atoms with van der Waals surface area (Å²) in [5, 5.41) is 2.86. The first kappa shape index (κ1) is 19.5. The van der Waals surface area contributed by atoms with Gasteiger partial charge in [0.15, 0.2) is 0 Å². The molecule has 1 atom stereocenters. The zero-order valence-corrected chi connectivity index (χ0v) is 16.2. The van der Waals surface area contributed by atoms with E-state index in [1.807, 2.05) is 31.2 Å². The number of anilines is 2. The molecule has 0 radical (unpaired) electrons. The summed E-state index contributed by atoms with van der Waals surface area (Å²) in [7, 11) is 3.09. The molecule has 0 aromatic heterocycles. The summed E-state index contributed by atoms with van der Waals surface area (Å²) < 4.78 is 16.1. The number of hydrogen-bond donors (Lipinski definition) is 1. The van der Waals surface area contributed by atoms with E-state index in [1.54, 1.807) is 30.2 Å². The van der Waals surface area contributed by atoms with Crippen molar-refractivity contribution >= 4 is 23.2 Å². The van der Waals surface area contributed by atoms with Gasteiger partial charge in [-0.3, -0.25) is 9.59 Å². The number of hydrogen-bond acceptors (Lipinski definition) is 5. The van der Waals surface area contributed by atoms with Crippen molar-refractivity contribution in [2.24, 2.45) is 5.92 Å². The molecule has 1 aliphatic heterocycles. The second-order valence-corrected chi connectivity index (χ2v) is 6.36. The lowest BCUT2D eigenvalue weighted by atomic mass is 10.1. The van der Waals surface area contributed by atoms with Gasteiger partial charge in [-0.25, -0.2) is 0 Å². The van der Waals surface area contributed by atoms with E-state index in [2.05, 4.69) is 5.32 Å². The topological polar surface area (TPSA) is 77.1 Å². The van der Waals surface area contributed by atoms with Gasteiger partial charge in [0.25, 0.3) is 0 Å². The van der Waals surface area contributed by atoms with Crippen LogP contribution in [-0.2, 0) is 9.59 Å². The number of para-hydroxylation sites is 2. The average molecular weight is 384 g/mol. The van der Waals surface area contributed by atoms with Crippen LogP contribution in [0.15, 0.2) is 42.5 Å². The highest BCUT2D eigenvalue weighted by Gasteiger charge is 2.36. The van der Waals surface area contributed by atoms with Gasteiger partial charge in [-0.15, -0.1) is 0 Å². The Balaban J connectivity index is 1.74. The van der Waals surface area contributed by atoms with E-state index in [-0.39, 0.29) is 18.2 Å². The number of carbonyl (C=O) groups excluding carboxylic acids is 2. The Morgan fingerprint density at radius 3 is 2.64 bits per heavy atom. The molecule has 1 fully saturated rings. The number of ether oxygens (including phenoxy) is 3. The Kier molecular flexibility index (Phi) is 6.03. The number of nitrogens with zero attached hydrogens (tertiary/aromatic N) is 1. The molecular weight excluding hydrogens is 360 g/mol. The number of benzene rings is 2. The molecule has 1 N–H and O–H groups in total. The van der Waals surface area contributed by atoms with Crippen molar-refractivity contribution < 1.29 is 23.8 Å². The van der Waals surface area contributed by atoms with E-state index in [0.29, 0.717) is 41.8 Å². The molecule has 28 heavy (non-hydrogen) atoms. The van der Waals surface area contributed by atoms with E-state index in [1.165, 1.54) is 7.11 Å². The van der Waals surface area contributed by atoms with Crippen molar-refractivity contribution in [2.75, 3.05) is 37.6 Å². The van der Waals surface area contributed by atoms with E-state index in [4.69, 9.17) is 14.2 Å². The average Bonchev–Trinajstić information content (AvgIpc) is 3.10. The SMILES string of the molecule is CCOc1ccccc1N1CC(C(=O)Nc2ccc(OC)cc2OC)CC1=O.